The molecule has 1 aliphatic rings. The second kappa shape index (κ2) is 3.63. The first-order valence-electron chi connectivity index (χ1n) is 4.11. The highest BCUT2D eigenvalue weighted by atomic mass is 32.2. The molecular formula is C7H14N2O3S. The zero-order valence-corrected chi connectivity index (χ0v) is 8.62. The lowest BCUT2D eigenvalue weighted by atomic mass is 10.2. The van der Waals surface area contributed by atoms with Gasteiger partial charge in [-0.1, -0.05) is 0 Å². The number of hydrogen-bond acceptors (Lipinski definition) is 3. The smallest absolute Gasteiger partial charge is 0.211 e. The second-order valence-electron chi connectivity index (χ2n) is 3.32. The molecule has 0 saturated carbocycles. The Morgan fingerprint density at radius 2 is 2.00 bits per heavy atom. The van der Waals surface area contributed by atoms with Crippen molar-refractivity contribution in [3.8, 4) is 0 Å². The number of rotatable bonds is 2. The van der Waals surface area contributed by atoms with Crippen molar-refractivity contribution in [1.29, 1.82) is 0 Å². The molecule has 13 heavy (non-hydrogen) atoms. The van der Waals surface area contributed by atoms with Crippen LogP contribution in [-0.4, -0.2) is 56.0 Å². The number of carbonyl (C=O) groups excluding carboxylic acids is 1. The van der Waals surface area contributed by atoms with E-state index in [1.54, 1.807) is 11.8 Å². The van der Waals surface area contributed by atoms with Crippen LogP contribution in [0.15, 0.2) is 0 Å². The third-order valence-electron chi connectivity index (χ3n) is 2.17. The quantitative estimate of drug-likeness (QED) is 0.551. The summed E-state index contributed by atoms with van der Waals surface area (Å²) < 4.78 is 23.8. The normalized spacial score (nSPS) is 26.0. The van der Waals surface area contributed by atoms with Gasteiger partial charge in [-0.2, -0.15) is 4.31 Å². The molecule has 5 nitrogen and oxygen atoms in total. The number of amides is 1. The summed E-state index contributed by atoms with van der Waals surface area (Å²) in [4.78, 5) is 12.0. The minimum absolute atomic E-state index is 0.117. The van der Waals surface area contributed by atoms with E-state index in [0.717, 1.165) is 6.41 Å². The maximum absolute atomic E-state index is 11.2. The van der Waals surface area contributed by atoms with Crippen LogP contribution in [0, 0.1) is 0 Å². The van der Waals surface area contributed by atoms with Gasteiger partial charge in [0.2, 0.25) is 16.4 Å². The Kier molecular flexibility index (Phi) is 2.92. The van der Waals surface area contributed by atoms with Crippen LogP contribution in [-0.2, 0) is 14.8 Å². The van der Waals surface area contributed by atoms with Crippen molar-refractivity contribution in [2.24, 2.45) is 0 Å². The van der Waals surface area contributed by atoms with Crippen LogP contribution in [0.25, 0.3) is 0 Å². The highest BCUT2D eigenvalue weighted by molar-refractivity contribution is 7.88. The summed E-state index contributed by atoms with van der Waals surface area (Å²) in [7, 11) is -3.12. The van der Waals surface area contributed by atoms with Gasteiger partial charge in [-0.05, 0) is 6.92 Å². The molecule has 0 aromatic rings. The third kappa shape index (κ3) is 2.41. The minimum Gasteiger partial charge on any atom is -0.342 e. The van der Waals surface area contributed by atoms with Gasteiger partial charge in [-0.3, -0.25) is 4.79 Å². The summed E-state index contributed by atoms with van der Waals surface area (Å²) in [6, 6.07) is -0.117. The van der Waals surface area contributed by atoms with E-state index in [-0.39, 0.29) is 6.04 Å². The average Bonchev–Trinajstić information content (AvgIpc) is 2.01. The minimum atomic E-state index is -3.12. The van der Waals surface area contributed by atoms with Gasteiger partial charge < -0.3 is 4.90 Å². The van der Waals surface area contributed by atoms with Gasteiger partial charge in [0.05, 0.1) is 6.26 Å². The molecule has 0 aromatic heterocycles. The molecule has 0 aliphatic carbocycles. The van der Waals surface area contributed by atoms with Gasteiger partial charge >= 0.3 is 0 Å². The Balaban J connectivity index is 2.69. The lowest BCUT2D eigenvalue weighted by molar-refractivity contribution is -0.119. The van der Waals surface area contributed by atoms with Crippen molar-refractivity contribution < 1.29 is 13.2 Å². The van der Waals surface area contributed by atoms with E-state index < -0.39 is 10.0 Å². The van der Waals surface area contributed by atoms with E-state index in [1.165, 1.54) is 10.6 Å². The second-order valence-corrected chi connectivity index (χ2v) is 5.26. The molecule has 0 aromatic carbocycles. The van der Waals surface area contributed by atoms with E-state index in [1.807, 2.05) is 0 Å². The van der Waals surface area contributed by atoms with Crippen molar-refractivity contribution >= 4 is 16.4 Å². The number of sulfonamides is 1. The molecule has 1 amide bonds. The summed E-state index contributed by atoms with van der Waals surface area (Å²) in [6.45, 7) is 3.17. The molecule has 0 bridgehead atoms. The predicted molar refractivity (Wildman–Crippen MR) is 48.6 cm³/mol. The van der Waals surface area contributed by atoms with Crippen LogP contribution in [0.4, 0.5) is 0 Å². The van der Waals surface area contributed by atoms with Crippen molar-refractivity contribution in [3.63, 3.8) is 0 Å². The van der Waals surface area contributed by atoms with Crippen LogP contribution < -0.4 is 0 Å². The Hall–Kier alpha value is -0.620. The molecular weight excluding hydrogens is 192 g/mol. The molecule has 0 unspecified atom stereocenters. The van der Waals surface area contributed by atoms with Gasteiger partial charge in [0.1, 0.15) is 0 Å². The first-order chi connectivity index (χ1) is 5.95. The lowest BCUT2D eigenvalue weighted by Crippen LogP contribution is -2.53. The highest BCUT2D eigenvalue weighted by Crippen LogP contribution is 2.11. The fourth-order valence-corrected chi connectivity index (χ4v) is 2.69. The first-order valence-corrected chi connectivity index (χ1v) is 5.96. The monoisotopic (exact) mass is 206 g/mol. The van der Waals surface area contributed by atoms with Crippen LogP contribution in [0.5, 0.6) is 0 Å². The number of nitrogens with zero attached hydrogens (tertiary/aromatic N) is 2. The van der Waals surface area contributed by atoms with Gasteiger partial charge in [-0.15, -0.1) is 0 Å². The Morgan fingerprint density at radius 1 is 1.38 bits per heavy atom. The molecule has 1 rings (SSSR count). The molecule has 1 fully saturated rings. The van der Waals surface area contributed by atoms with Crippen LogP contribution in [0.3, 0.4) is 0 Å². The Morgan fingerprint density at radius 3 is 2.38 bits per heavy atom. The zero-order valence-electron chi connectivity index (χ0n) is 7.80. The summed E-state index contributed by atoms with van der Waals surface area (Å²) in [5.74, 6) is 0. The standard InChI is InChI=1S/C7H14N2O3S/c1-7-5-8(6-10)3-4-9(7)13(2,11)12/h6-7H,3-5H2,1-2H3/t7-/m1/s1. The van der Waals surface area contributed by atoms with Crippen LogP contribution in [0.2, 0.25) is 0 Å². The van der Waals surface area contributed by atoms with Crippen molar-refractivity contribution in [1.82, 2.24) is 9.21 Å². The average molecular weight is 206 g/mol. The molecule has 76 valence electrons. The molecule has 1 aliphatic heterocycles. The molecule has 0 N–H and O–H groups in total. The van der Waals surface area contributed by atoms with Crippen molar-refractivity contribution in [3.05, 3.63) is 0 Å². The Labute approximate surface area is 78.4 Å². The SMILES string of the molecule is C[C@@H]1CN(C=O)CCN1S(C)(=O)=O. The number of piperazine rings is 1. The molecule has 0 radical (unpaired) electrons. The number of carbonyl (C=O) groups is 1. The van der Waals surface area contributed by atoms with E-state index >= 15 is 0 Å². The fourth-order valence-electron chi connectivity index (χ4n) is 1.56. The Bertz CT molecular complexity index is 288. The maximum atomic E-state index is 11.2. The van der Waals surface area contributed by atoms with Gasteiger partial charge in [0.25, 0.3) is 0 Å². The molecule has 1 saturated heterocycles. The first kappa shape index (κ1) is 10.5. The topological polar surface area (TPSA) is 57.7 Å². The van der Waals surface area contributed by atoms with Crippen LogP contribution in [0.1, 0.15) is 6.92 Å². The van der Waals surface area contributed by atoms with Gasteiger partial charge in [0.15, 0.2) is 0 Å². The number of hydrogen-bond donors (Lipinski definition) is 0. The molecule has 1 atom stereocenters. The van der Waals surface area contributed by atoms with Crippen molar-refractivity contribution in [2.45, 2.75) is 13.0 Å². The van der Waals surface area contributed by atoms with Gasteiger partial charge in [0, 0.05) is 25.7 Å². The fraction of sp³-hybridized carbons (Fsp3) is 0.857. The largest absolute Gasteiger partial charge is 0.342 e. The van der Waals surface area contributed by atoms with E-state index in [0.29, 0.717) is 19.6 Å². The molecule has 6 heteroatoms. The summed E-state index contributed by atoms with van der Waals surface area (Å²) in [6.07, 6.45) is 1.95. The maximum Gasteiger partial charge on any atom is 0.211 e. The summed E-state index contributed by atoms with van der Waals surface area (Å²) in [5.41, 5.74) is 0. The van der Waals surface area contributed by atoms with E-state index in [4.69, 9.17) is 0 Å². The summed E-state index contributed by atoms with van der Waals surface area (Å²) >= 11 is 0. The lowest BCUT2D eigenvalue weighted by Gasteiger charge is -2.36. The predicted octanol–water partition coefficient (Wildman–Crippen LogP) is -0.891. The highest BCUT2D eigenvalue weighted by Gasteiger charge is 2.28. The zero-order chi connectivity index (χ0) is 10.1. The van der Waals surface area contributed by atoms with E-state index in [9.17, 15) is 13.2 Å². The summed E-state index contributed by atoms with van der Waals surface area (Å²) in [5, 5.41) is 0. The van der Waals surface area contributed by atoms with E-state index in [2.05, 4.69) is 0 Å². The third-order valence-corrected chi connectivity index (χ3v) is 3.57. The van der Waals surface area contributed by atoms with Gasteiger partial charge in [-0.25, -0.2) is 8.42 Å². The molecule has 0 spiro atoms. The molecule has 1 heterocycles. The van der Waals surface area contributed by atoms with Crippen molar-refractivity contribution in [2.75, 3.05) is 25.9 Å². The van der Waals surface area contributed by atoms with Crippen LogP contribution >= 0.6 is 0 Å².